The van der Waals surface area contributed by atoms with Crippen LogP contribution in [0, 0.1) is 0 Å². The smallest absolute Gasteiger partial charge is 0.215 e. The fourth-order valence-corrected chi connectivity index (χ4v) is 3.21. The van der Waals surface area contributed by atoms with E-state index in [-0.39, 0.29) is 6.04 Å². The van der Waals surface area contributed by atoms with Gasteiger partial charge in [0.1, 0.15) is 5.60 Å². The molecule has 1 aromatic rings. The van der Waals surface area contributed by atoms with Crippen LogP contribution in [0.4, 0.5) is 0 Å². The quantitative estimate of drug-likeness (QED) is 0.764. The Balaban J connectivity index is 1.77. The van der Waals surface area contributed by atoms with Crippen LogP contribution in [-0.4, -0.2) is 21.6 Å². The van der Waals surface area contributed by atoms with E-state index in [1.807, 2.05) is 30.3 Å². The molecule has 0 spiro atoms. The second kappa shape index (κ2) is 4.87. The summed E-state index contributed by atoms with van der Waals surface area (Å²) >= 11 is 0. The van der Waals surface area contributed by atoms with Crippen molar-refractivity contribution in [1.82, 2.24) is 5.48 Å². The zero-order valence-corrected chi connectivity index (χ0v) is 11.0. The summed E-state index contributed by atoms with van der Waals surface area (Å²) in [4.78, 5) is 5.41. The van der Waals surface area contributed by atoms with Crippen LogP contribution < -0.4 is 5.48 Å². The van der Waals surface area contributed by atoms with Gasteiger partial charge in [-0.15, -0.1) is 0 Å². The van der Waals surface area contributed by atoms with Crippen molar-refractivity contribution < 1.29 is 15.1 Å². The minimum atomic E-state index is -1.48. The first-order chi connectivity index (χ1) is 9.13. The fraction of sp³-hybridized carbons (Fsp3) is 0.600. The zero-order chi connectivity index (χ0) is 13.3. The first-order valence-corrected chi connectivity index (χ1v) is 7.06. The average molecular weight is 263 g/mol. The maximum Gasteiger partial charge on any atom is 0.215 e. The molecule has 1 saturated carbocycles. The molecule has 2 fully saturated rings. The molecule has 1 saturated heterocycles. The molecule has 4 heteroatoms. The van der Waals surface area contributed by atoms with Crippen molar-refractivity contribution in [2.24, 2.45) is 0 Å². The van der Waals surface area contributed by atoms with Crippen molar-refractivity contribution in [2.75, 3.05) is 0 Å². The highest BCUT2D eigenvalue weighted by molar-refractivity contribution is 5.20. The minimum Gasteiger partial charge on any atom is -0.384 e. The molecular weight excluding hydrogens is 242 g/mol. The number of hydrogen-bond donors (Lipinski definition) is 3. The monoisotopic (exact) mass is 263 g/mol. The van der Waals surface area contributed by atoms with Crippen LogP contribution in [0.25, 0.3) is 0 Å². The molecule has 2 atom stereocenters. The molecule has 3 N–H and O–H groups in total. The maximum absolute atomic E-state index is 10.7. The number of benzene rings is 1. The highest BCUT2D eigenvalue weighted by Gasteiger charge is 2.55. The van der Waals surface area contributed by atoms with E-state index < -0.39 is 11.4 Å². The van der Waals surface area contributed by atoms with Crippen LogP contribution in [-0.2, 0) is 4.84 Å². The van der Waals surface area contributed by atoms with Gasteiger partial charge in [0.15, 0.2) is 0 Å². The van der Waals surface area contributed by atoms with Gasteiger partial charge >= 0.3 is 0 Å². The Morgan fingerprint density at radius 1 is 1.05 bits per heavy atom. The van der Waals surface area contributed by atoms with Crippen LogP contribution in [0.1, 0.15) is 50.1 Å². The predicted octanol–water partition coefficient (Wildman–Crippen LogP) is 2.04. The van der Waals surface area contributed by atoms with Gasteiger partial charge in [-0.3, -0.25) is 4.84 Å². The normalized spacial score (nSPS) is 34.3. The Hall–Kier alpha value is -0.940. The van der Waals surface area contributed by atoms with Gasteiger partial charge in [0.25, 0.3) is 0 Å². The number of hydroxylamine groups is 1. The van der Waals surface area contributed by atoms with Crippen molar-refractivity contribution in [3.63, 3.8) is 0 Å². The summed E-state index contributed by atoms with van der Waals surface area (Å²) in [6, 6.07) is 9.81. The fourth-order valence-electron chi connectivity index (χ4n) is 3.21. The predicted molar refractivity (Wildman–Crippen MR) is 71.0 cm³/mol. The summed E-state index contributed by atoms with van der Waals surface area (Å²) in [7, 11) is 0. The van der Waals surface area contributed by atoms with Crippen molar-refractivity contribution >= 4 is 0 Å². The molecule has 1 aliphatic heterocycles. The van der Waals surface area contributed by atoms with Crippen molar-refractivity contribution in [3.05, 3.63) is 35.9 Å². The van der Waals surface area contributed by atoms with Crippen molar-refractivity contribution in [2.45, 2.75) is 56.0 Å². The topological polar surface area (TPSA) is 61.7 Å². The van der Waals surface area contributed by atoms with Gasteiger partial charge in [0, 0.05) is 6.42 Å². The summed E-state index contributed by atoms with van der Waals surface area (Å²) in [6.45, 7) is 0. The van der Waals surface area contributed by atoms with Gasteiger partial charge in [-0.1, -0.05) is 49.6 Å². The lowest BCUT2D eigenvalue weighted by molar-refractivity contribution is -0.303. The third kappa shape index (κ3) is 2.30. The van der Waals surface area contributed by atoms with Crippen LogP contribution in [0.5, 0.6) is 0 Å². The van der Waals surface area contributed by atoms with E-state index in [9.17, 15) is 10.2 Å². The van der Waals surface area contributed by atoms with E-state index in [0.29, 0.717) is 19.3 Å². The largest absolute Gasteiger partial charge is 0.384 e. The van der Waals surface area contributed by atoms with Gasteiger partial charge in [-0.2, -0.15) is 5.48 Å². The van der Waals surface area contributed by atoms with Crippen LogP contribution in [0.3, 0.4) is 0 Å². The summed E-state index contributed by atoms with van der Waals surface area (Å²) in [6.07, 6.45) is 4.59. The van der Waals surface area contributed by atoms with Crippen molar-refractivity contribution in [3.8, 4) is 0 Å². The third-order valence-electron chi connectivity index (χ3n) is 4.46. The molecule has 4 nitrogen and oxygen atoms in total. The highest BCUT2D eigenvalue weighted by Crippen LogP contribution is 2.44. The highest BCUT2D eigenvalue weighted by atomic mass is 16.8. The van der Waals surface area contributed by atoms with Crippen molar-refractivity contribution in [1.29, 1.82) is 0 Å². The number of hydrogen-bond acceptors (Lipinski definition) is 4. The Kier molecular flexibility index (Phi) is 3.35. The molecule has 1 aromatic carbocycles. The molecule has 19 heavy (non-hydrogen) atoms. The molecule has 1 aliphatic carbocycles. The second-order valence-corrected chi connectivity index (χ2v) is 5.76. The van der Waals surface area contributed by atoms with Gasteiger partial charge in [-0.25, -0.2) is 0 Å². The molecule has 1 heterocycles. The van der Waals surface area contributed by atoms with E-state index >= 15 is 0 Å². The van der Waals surface area contributed by atoms with Crippen LogP contribution >= 0.6 is 0 Å². The molecule has 0 unspecified atom stereocenters. The van der Waals surface area contributed by atoms with E-state index in [0.717, 1.165) is 24.8 Å². The lowest BCUT2D eigenvalue weighted by Crippen LogP contribution is -2.55. The van der Waals surface area contributed by atoms with Gasteiger partial charge in [0.05, 0.1) is 6.04 Å². The first kappa shape index (κ1) is 13.1. The standard InChI is InChI=1S/C15H21NO3/c17-14(9-5-2-6-10-14)15(18)11-13(16-19-15)12-7-3-1-4-8-12/h1,3-4,7-8,13,16-18H,2,5-6,9-11H2/t13-,15+/m1/s1. The van der Waals surface area contributed by atoms with Gasteiger partial charge in [-0.05, 0) is 18.4 Å². The minimum absolute atomic E-state index is 0.0721. The zero-order valence-electron chi connectivity index (χ0n) is 11.0. The number of nitrogens with one attached hydrogen (secondary N) is 1. The Bertz CT molecular complexity index is 430. The summed E-state index contributed by atoms with van der Waals surface area (Å²) in [5.41, 5.74) is 2.82. The Morgan fingerprint density at radius 3 is 2.42 bits per heavy atom. The number of aliphatic hydroxyl groups is 2. The number of rotatable bonds is 2. The van der Waals surface area contributed by atoms with Crippen LogP contribution in [0.2, 0.25) is 0 Å². The first-order valence-electron chi connectivity index (χ1n) is 7.06. The summed E-state index contributed by atoms with van der Waals surface area (Å²) < 4.78 is 0. The molecule has 0 radical (unpaired) electrons. The van der Waals surface area contributed by atoms with Crippen LogP contribution in [0.15, 0.2) is 30.3 Å². The van der Waals surface area contributed by atoms with Gasteiger partial charge in [0.2, 0.25) is 5.79 Å². The SMILES string of the molecule is OC1([C@]2(O)C[C@H](c3ccccc3)NO2)CCCCC1. The maximum atomic E-state index is 10.7. The van der Waals surface area contributed by atoms with E-state index in [2.05, 4.69) is 5.48 Å². The van der Waals surface area contributed by atoms with Gasteiger partial charge < -0.3 is 10.2 Å². The van der Waals surface area contributed by atoms with E-state index in [1.165, 1.54) is 0 Å². The lowest BCUT2D eigenvalue weighted by atomic mass is 9.76. The second-order valence-electron chi connectivity index (χ2n) is 5.76. The van der Waals surface area contributed by atoms with E-state index in [1.54, 1.807) is 0 Å². The molecule has 0 amide bonds. The molecule has 104 valence electrons. The molecular formula is C15H21NO3. The Morgan fingerprint density at radius 2 is 1.74 bits per heavy atom. The van der Waals surface area contributed by atoms with E-state index in [4.69, 9.17) is 4.84 Å². The lowest BCUT2D eigenvalue weighted by Gasteiger charge is -2.41. The summed E-state index contributed by atoms with van der Waals surface area (Å²) in [5.74, 6) is -1.48. The third-order valence-corrected chi connectivity index (χ3v) is 4.46. The molecule has 3 rings (SSSR count). The molecule has 0 bridgehead atoms. The Labute approximate surface area is 113 Å². The molecule has 2 aliphatic rings. The average Bonchev–Trinajstić information content (AvgIpc) is 2.85. The summed E-state index contributed by atoms with van der Waals surface area (Å²) in [5, 5.41) is 21.4. The molecule has 0 aromatic heterocycles.